The number of aryl methyl sites for hydroxylation is 3. The van der Waals surface area contributed by atoms with Gasteiger partial charge in [-0.15, -0.1) is 0 Å². The maximum atomic E-state index is 13.1. The van der Waals surface area contributed by atoms with Crippen LogP contribution in [0, 0.1) is 20.8 Å². The van der Waals surface area contributed by atoms with Gasteiger partial charge in [-0.1, -0.05) is 11.6 Å². The fraction of sp³-hybridized carbons (Fsp3) is 0.571. The van der Waals surface area contributed by atoms with E-state index in [-0.39, 0.29) is 24.0 Å². The quantitative estimate of drug-likeness (QED) is 0.462. The molecule has 1 atom stereocenters. The zero-order valence-electron chi connectivity index (χ0n) is 23.0. The van der Waals surface area contributed by atoms with Crippen molar-refractivity contribution in [2.75, 3.05) is 19.6 Å². The topological polar surface area (TPSA) is 90.5 Å². The van der Waals surface area contributed by atoms with Crippen LogP contribution in [0.3, 0.4) is 0 Å². The van der Waals surface area contributed by atoms with Crippen LogP contribution >= 0.6 is 11.6 Å². The lowest BCUT2D eigenvalue weighted by atomic mass is 10.00. The summed E-state index contributed by atoms with van der Waals surface area (Å²) in [6.45, 7) is 14.9. The molecule has 0 radical (unpaired) electrons. The van der Waals surface area contributed by atoms with Crippen LogP contribution in [0.5, 0.6) is 0 Å². The summed E-state index contributed by atoms with van der Waals surface area (Å²) in [7, 11) is 0. The number of aromatic nitrogens is 2. The molecule has 2 aromatic heterocycles. The van der Waals surface area contributed by atoms with Crippen LogP contribution in [0.15, 0.2) is 24.5 Å². The average Bonchev–Trinajstić information content (AvgIpc) is 2.82. The van der Waals surface area contributed by atoms with Crippen molar-refractivity contribution in [1.29, 1.82) is 0 Å². The number of piperidine rings is 1. The molecule has 0 saturated carbocycles. The van der Waals surface area contributed by atoms with Gasteiger partial charge in [0.15, 0.2) is 0 Å². The number of carbonyl (C=O) groups excluding carboxylic acids is 2. The van der Waals surface area contributed by atoms with Crippen molar-refractivity contribution in [3.05, 3.63) is 57.6 Å². The summed E-state index contributed by atoms with van der Waals surface area (Å²) in [6.07, 6.45) is 6.32. The van der Waals surface area contributed by atoms with Crippen LogP contribution in [0.1, 0.15) is 72.8 Å². The third-order valence-corrected chi connectivity index (χ3v) is 7.36. The van der Waals surface area contributed by atoms with E-state index in [0.29, 0.717) is 35.5 Å². The van der Waals surface area contributed by atoms with E-state index in [2.05, 4.69) is 39.3 Å². The first kappa shape index (κ1) is 28.9. The summed E-state index contributed by atoms with van der Waals surface area (Å²) in [5.41, 5.74) is 4.30. The molecular formula is C28H41ClN6O2. The molecule has 37 heavy (non-hydrogen) atoms. The van der Waals surface area contributed by atoms with Crippen LogP contribution < -0.4 is 10.6 Å². The van der Waals surface area contributed by atoms with Gasteiger partial charge >= 0.3 is 6.03 Å². The number of likely N-dealkylation sites (tertiary alicyclic amines) is 1. The number of nitrogens with zero attached hydrogens (tertiary/aromatic N) is 4. The van der Waals surface area contributed by atoms with Crippen LogP contribution in [-0.2, 0) is 6.54 Å². The zero-order chi connectivity index (χ0) is 27.1. The molecule has 3 amide bonds. The lowest BCUT2D eigenvalue weighted by Gasteiger charge is -2.41. The molecule has 1 unspecified atom stereocenters. The van der Waals surface area contributed by atoms with Crippen molar-refractivity contribution in [1.82, 2.24) is 30.4 Å². The molecule has 0 aliphatic carbocycles. The van der Waals surface area contributed by atoms with Gasteiger partial charge in [0.25, 0.3) is 5.91 Å². The predicted molar refractivity (Wildman–Crippen MR) is 148 cm³/mol. The Hall–Kier alpha value is -2.71. The molecule has 3 heterocycles. The van der Waals surface area contributed by atoms with Crippen LogP contribution in [0.25, 0.3) is 0 Å². The molecule has 9 heteroatoms. The summed E-state index contributed by atoms with van der Waals surface area (Å²) in [5.74, 6) is -0.109. The zero-order valence-corrected chi connectivity index (χ0v) is 23.7. The molecule has 1 fully saturated rings. The lowest BCUT2D eigenvalue weighted by Crippen LogP contribution is -2.52. The van der Waals surface area contributed by atoms with Crippen LogP contribution in [0.2, 0.25) is 5.15 Å². The molecule has 1 aliphatic rings. The second kappa shape index (κ2) is 13.2. The summed E-state index contributed by atoms with van der Waals surface area (Å²) >= 11 is 6.00. The summed E-state index contributed by atoms with van der Waals surface area (Å²) < 4.78 is 0. The number of hydrogen-bond acceptors (Lipinski definition) is 5. The van der Waals surface area contributed by atoms with Crippen molar-refractivity contribution in [2.24, 2.45) is 0 Å². The van der Waals surface area contributed by atoms with Gasteiger partial charge in [0.1, 0.15) is 5.15 Å². The number of amides is 3. The molecule has 1 saturated heterocycles. The average molecular weight is 529 g/mol. The molecule has 8 nitrogen and oxygen atoms in total. The maximum absolute atomic E-state index is 13.1. The third kappa shape index (κ3) is 7.89. The van der Waals surface area contributed by atoms with E-state index in [1.54, 1.807) is 19.2 Å². The Kier molecular flexibility index (Phi) is 10.3. The molecule has 1 aliphatic heterocycles. The Labute approximate surface area is 226 Å². The molecule has 2 N–H and O–H groups in total. The first-order valence-corrected chi connectivity index (χ1v) is 13.6. The Morgan fingerprint density at radius 1 is 1.16 bits per heavy atom. The minimum absolute atomic E-state index is 0.0188. The molecule has 2 aromatic rings. The van der Waals surface area contributed by atoms with Crippen molar-refractivity contribution in [3.63, 3.8) is 0 Å². The van der Waals surface area contributed by atoms with Gasteiger partial charge < -0.3 is 20.4 Å². The van der Waals surface area contributed by atoms with Crippen molar-refractivity contribution in [2.45, 2.75) is 85.5 Å². The van der Waals surface area contributed by atoms with E-state index in [0.717, 1.165) is 49.0 Å². The second-order valence-electron chi connectivity index (χ2n) is 10.4. The number of halogens is 1. The van der Waals surface area contributed by atoms with Gasteiger partial charge in [-0.25, -0.2) is 9.78 Å². The second-order valence-corrected chi connectivity index (χ2v) is 10.8. The van der Waals surface area contributed by atoms with Gasteiger partial charge in [0, 0.05) is 56.7 Å². The first-order valence-electron chi connectivity index (χ1n) is 13.2. The van der Waals surface area contributed by atoms with Crippen LogP contribution in [0.4, 0.5) is 4.79 Å². The minimum Gasteiger partial charge on any atom is -0.352 e. The van der Waals surface area contributed by atoms with Crippen LogP contribution in [-0.4, -0.2) is 69.5 Å². The summed E-state index contributed by atoms with van der Waals surface area (Å²) in [4.78, 5) is 38.8. The highest BCUT2D eigenvalue weighted by Gasteiger charge is 2.30. The van der Waals surface area contributed by atoms with Crippen molar-refractivity contribution >= 4 is 23.5 Å². The van der Waals surface area contributed by atoms with E-state index >= 15 is 0 Å². The standard InChI is InChI=1S/C28H41ClN6O2/c1-18(2)32-28(37)35(17-23-16-30-11-7-19(23)3)24-9-13-34(14-10-24)21(5)8-12-31-27(36)26-20(4)15-25(29)33-22(26)6/h7,11,15-16,18,21,24H,8-10,12-14,17H2,1-6H3,(H,31,36)(H,32,37). The smallest absolute Gasteiger partial charge is 0.318 e. The predicted octanol–water partition coefficient (Wildman–Crippen LogP) is 4.65. The summed E-state index contributed by atoms with van der Waals surface area (Å²) in [5, 5.41) is 6.53. The fourth-order valence-electron chi connectivity index (χ4n) is 4.97. The Bertz CT molecular complexity index is 1060. The molecular weight excluding hydrogens is 488 g/mol. The Morgan fingerprint density at radius 3 is 2.49 bits per heavy atom. The Balaban J connectivity index is 1.53. The van der Waals surface area contributed by atoms with E-state index in [1.807, 2.05) is 37.9 Å². The van der Waals surface area contributed by atoms with E-state index < -0.39 is 0 Å². The number of nitrogens with one attached hydrogen (secondary N) is 2. The van der Waals surface area contributed by atoms with Crippen molar-refractivity contribution < 1.29 is 9.59 Å². The normalized spacial score (nSPS) is 15.5. The highest BCUT2D eigenvalue weighted by atomic mass is 35.5. The number of carbonyl (C=O) groups is 2. The Morgan fingerprint density at radius 2 is 1.86 bits per heavy atom. The van der Waals surface area contributed by atoms with Gasteiger partial charge in [0.05, 0.1) is 11.3 Å². The maximum Gasteiger partial charge on any atom is 0.318 e. The molecule has 0 spiro atoms. The number of urea groups is 1. The van der Waals surface area contributed by atoms with E-state index in [1.165, 1.54) is 0 Å². The third-order valence-electron chi connectivity index (χ3n) is 7.17. The van der Waals surface area contributed by atoms with E-state index in [9.17, 15) is 9.59 Å². The molecule has 0 aromatic carbocycles. The van der Waals surface area contributed by atoms with Gasteiger partial charge in [-0.05, 0) is 89.6 Å². The van der Waals surface area contributed by atoms with Gasteiger partial charge in [-0.3, -0.25) is 9.78 Å². The van der Waals surface area contributed by atoms with Gasteiger partial charge in [0.2, 0.25) is 0 Å². The molecule has 0 bridgehead atoms. The first-order chi connectivity index (χ1) is 17.6. The van der Waals surface area contributed by atoms with Crippen molar-refractivity contribution in [3.8, 4) is 0 Å². The number of pyridine rings is 2. The molecule has 3 rings (SSSR count). The highest BCUT2D eigenvalue weighted by Crippen LogP contribution is 2.23. The SMILES string of the molecule is Cc1ccncc1CN(C(=O)NC(C)C)C1CCN(C(C)CCNC(=O)c2c(C)cc(Cl)nc2C)CC1. The van der Waals surface area contributed by atoms with Gasteiger partial charge in [-0.2, -0.15) is 0 Å². The minimum atomic E-state index is -0.109. The lowest BCUT2D eigenvalue weighted by molar-refractivity contribution is 0.0900. The molecule has 202 valence electrons. The number of rotatable bonds is 9. The highest BCUT2D eigenvalue weighted by molar-refractivity contribution is 6.29. The monoisotopic (exact) mass is 528 g/mol. The van der Waals surface area contributed by atoms with E-state index in [4.69, 9.17) is 11.6 Å². The number of hydrogen-bond donors (Lipinski definition) is 2. The fourth-order valence-corrected chi connectivity index (χ4v) is 5.26. The summed E-state index contributed by atoms with van der Waals surface area (Å²) in [6, 6.07) is 4.26. The largest absolute Gasteiger partial charge is 0.352 e.